The molecule has 1 atom stereocenters. The van der Waals surface area contributed by atoms with Gasteiger partial charge in [-0.15, -0.1) is 0 Å². The largest absolute Gasteiger partial charge is 0.439 e. The van der Waals surface area contributed by atoms with E-state index in [0.29, 0.717) is 36.1 Å². The van der Waals surface area contributed by atoms with Crippen molar-refractivity contribution in [2.45, 2.75) is 13.0 Å². The first kappa shape index (κ1) is 19.2. The molecule has 0 aliphatic carbocycles. The van der Waals surface area contributed by atoms with Gasteiger partial charge in [-0.3, -0.25) is 4.79 Å². The molecule has 1 aromatic heterocycles. The summed E-state index contributed by atoms with van der Waals surface area (Å²) in [5.74, 6) is 2.03. The van der Waals surface area contributed by atoms with Gasteiger partial charge in [0.05, 0.1) is 0 Å². The number of amides is 1. The second kappa shape index (κ2) is 8.49. The SMILES string of the molecule is C[C@@H]1CN(c2cc(Oc3ccccc3)ncn2)CCN1C(=O)c1ccc(Cl)cc1. The number of nitrogens with zero attached hydrogens (tertiary/aromatic N) is 4. The predicted molar refractivity (Wildman–Crippen MR) is 113 cm³/mol. The summed E-state index contributed by atoms with van der Waals surface area (Å²) in [6, 6.07) is 18.4. The van der Waals surface area contributed by atoms with Crippen molar-refractivity contribution in [2.24, 2.45) is 0 Å². The summed E-state index contributed by atoms with van der Waals surface area (Å²) < 4.78 is 5.81. The molecule has 0 saturated carbocycles. The van der Waals surface area contributed by atoms with Crippen molar-refractivity contribution in [1.29, 1.82) is 0 Å². The van der Waals surface area contributed by atoms with E-state index >= 15 is 0 Å². The number of carbonyl (C=O) groups is 1. The number of halogens is 1. The summed E-state index contributed by atoms with van der Waals surface area (Å²) in [6.07, 6.45) is 1.50. The molecule has 2 heterocycles. The minimum atomic E-state index is 0.0182. The second-order valence-corrected chi connectivity index (χ2v) is 7.37. The van der Waals surface area contributed by atoms with Crippen LogP contribution >= 0.6 is 11.6 Å². The van der Waals surface area contributed by atoms with Crippen LogP contribution in [0.15, 0.2) is 67.0 Å². The monoisotopic (exact) mass is 408 g/mol. The third-order valence-electron chi connectivity index (χ3n) is 4.90. The van der Waals surface area contributed by atoms with Crippen molar-refractivity contribution in [1.82, 2.24) is 14.9 Å². The Balaban J connectivity index is 1.44. The zero-order valence-electron chi connectivity index (χ0n) is 16.0. The van der Waals surface area contributed by atoms with E-state index in [1.54, 1.807) is 24.3 Å². The number of benzene rings is 2. The fourth-order valence-electron chi connectivity index (χ4n) is 3.39. The molecule has 7 heteroatoms. The zero-order valence-corrected chi connectivity index (χ0v) is 16.8. The molecule has 1 aliphatic heterocycles. The fourth-order valence-corrected chi connectivity index (χ4v) is 3.52. The Morgan fingerprint density at radius 3 is 2.55 bits per heavy atom. The average Bonchev–Trinajstić information content (AvgIpc) is 2.75. The Hall–Kier alpha value is -3.12. The minimum absolute atomic E-state index is 0.0182. The first-order chi connectivity index (χ1) is 14.1. The van der Waals surface area contributed by atoms with Gasteiger partial charge >= 0.3 is 0 Å². The van der Waals surface area contributed by atoms with Crippen molar-refractivity contribution in [3.63, 3.8) is 0 Å². The van der Waals surface area contributed by atoms with Crippen molar-refractivity contribution in [2.75, 3.05) is 24.5 Å². The Labute approximate surface area is 174 Å². The molecule has 0 unspecified atom stereocenters. The lowest BCUT2D eigenvalue weighted by molar-refractivity contribution is 0.0673. The van der Waals surface area contributed by atoms with Gasteiger partial charge in [0.25, 0.3) is 5.91 Å². The standard InChI is InChI=1S/C22H21ClN4O2/c1-16-14-26(11-12-27(16)22(28)17-7-9-18(23)10-8-17)20-13-21(25-15-24-20)29-19-5-3-2-4-6-19/h2-10,13,15-16H,11-12,14H2,1H3/t16-/m1/s1. The number of piperazine rings is 1. The molecular formula is C22H21ClN4O2. The van der Waals surface area contributed by atoms with Gasteiger partial charge in [-0.25, -0.2) is 9.97 Å². The van der Waals surface area contributed by atoms with Gasteiger partial charge in [0.1, 0.15) is 17.9 Å². The van der Waals surface area contributed by atoms with Crippen LogP contribution in [0.2, 0.25) is 5.02 Å². The Morgan fingerprint density at radius 1 is 1.07 bits per heavy atom. The van der Waals surface area contributed by atoms with Crippen LogP contribution in [0.3, 0.4) is 0 Å². The van der Waals surface area contributed by atoms with Gasteiger partial charge in [-0.05, 0) is 43.3 Å². The van der Waals surface area contributed by atoms with E-state index < -0.39 is 0 Å². The summed E-state index contributed by atoms with van der Waals surface area (Å²) in [7, 11) is 0. The number of carbonyl (C=O) groups excluding carboxylic acids is 1. The maximum Gasteiger partial charge on any atom is 0.254 e. The van der Waals surface area contributed by atoms with E-state index in [1.165, 1.54) is 6.33 Å². The summed E-state index contributed by atoms with van der Waals surface area (Å²) in [6.45, 7) is 4.02. The molecule has 1 aliphatic rings. The minimum Gasteiger partial charge on any atom is -0.439 e. The number of anilines is 1. The number of hydrogen-bond donors (Lipinski definition) is 0. The van der Waals surface area contributed by atoms with Crippen LogP contribution < -0.4 is 9.64 Å². The maximum absolute atomic E-state index is 12.8. The Kier molecular flexibility index (Phi) is 5.62. The Bertz CT molecular complexity index is 982. The van der Waals surface area contributed by atoms with Gasteiger partial charge in [0, 0.05) is 42.3 Å². The van der Waals surface area contributed by atoms with Crippen LogP contribution in [0, 0.1) is 0 Å². The third-order valence-corrected chi connectivity index (χ3v) is 5.15. The van der Waals surface area contributed by atoms with E-state index in [0.717, 1.165) is 11.6 Å². The first-order valence-corrected chi connectivity index (χ1v) is 9.84. The molecule has 6 nitrogen and oxygen atoms in total. The van der Waals surface area contributed by atoms with Gasteiger partial charge in [0.2, 0.25) is 5.88 Å². The zero-order chi connectivity index (χ0) is 20.2. The highest BCUT2D eigenvalue weighted by molar-refractivity contribution is 6.30. The van der Waals surface area contributed by atoms with Gasteiger partial charge in [0.15, 0.2) is 0 Å². The van der Waals surface area contributed by atoms with Gasteiger partial charge in [-0.2, -0.15) is 0 Å². The molecule has 0 N–H and O–H groups in total. The summed E-state index contributed by atoms with van der Waals surface area (Å²) in [4.78, 5) is 25.5. The summed E-state index contributed by atoms with van der Waals surface area (Å²) in [5.41, 5.74) is 0.648. The molecule has 29 heavy (non-hydrogen) atoms. The Morgan fingerprint density at radius 2 is 1.83 bits per heavy atom. The molecule has 3 aromatic rings. The van der Waals surface area contributed by atoms with E-state index in [2.05, 4.69) is 14.9 Å². The van der Waals surface area contributed by atoms with E-state index in [1.807, 2.05) is 48.2 Å². The molecule has 148 valence electrons. The number of para-hydroxylation sites is 1. The highest BCUT2D eigenvalue weighted by Crippen LogP contribution is 2.24. The molecule has 1 fully saturated rings. The lowest BCUT2D eigenvalue weighted by atomic mass is 10.1. The van der Waals surface area contributed by atoms with Crippen molar-refractivity contribution < 1.29 is 9.53 Å². The summed E-state index contributed by atoms with van der Waals surface area (Å²) in [5, 5.41) is 0.622. The third kappa shape index (κ3) is 4.49. The maximum atomic E-state index is 12.8. The fraction of sp³-hybridized carbons (Fsp3) is 0.227. The lowest BCUT2D eigenvalue weighted by Gasteiger charge is -2.40. The first-order valence-electron chi connectivity index (χ1n) is 9.46. The van der Waals surface area contributed by atoms with Gasteiger partial charge in [-0.1, -0.05) is 29.8 Å². The van der Waals surface area contributed by atoms with Crippen LogP contribution in [0.4, 0.5) is 5.82 Å². The highest BCUT2D eigenvalue weighted by atomic mass is 35.5. The number of aromatic nitrogens is 2. The van der Waals surface area contributed by atoms with E-state index in [-0.39, 0.29) is 11.9 Å². The molecule has 1 amide bonds. The molecule has 1 saturated heterocycles. The highest BCUT2D eigenvalue weighted by Gasteiger charge is 2.29. The normalized spacial score (nSPS) is 16.6. The molecule has 0 spiro atoms. The van der Waals surface area contributed by atoms with Crippen LogP contribution in [0.25, 0.3) is 0 Å². The topological polar surface area (TPSA) is 58.6 Å². The number of hydrogen-bond acceptors (Lipinski definition) is 5. The smallest absolute Gasteiger partial charge is 0.254 e. The molecule has 0 radical (unpaired) electrons. The quantitative estimate of drug-likeness (QED) is 0.645. The van der Waals surface area contributed by atoms with E-state index in [9.17, 15) is 4.79 Å². The van der Waals surface area contributed by atoms with Crippen LogP contribution in [-0.2, 0) is 0 Å². The van der Waals surface area contributed by atoms with Gasteiger partial charge < -0.3 is 14.5 Å². The summed E-state index contributed by atoms with van der Waals surface area (Å²) >= 11 is 5.93. The van der Waals surface area contributed by atoms with E-state index in [4.69, 9.17) is 16.3 Å². The van der Waals surface area contributed by atoms with Crippen molar-refractivity contribution in [3.8, 4) is 11.6 Å². The van der Waals surface area contributed by atoms with Crippen molar-refractivity contribution >= 4 is 23.3 Å². The lowest BCUT2D eigenvalue weighted by Crippen LogP contribution is -2.54. The van der Waals surface area contributed by atoms with Crippen LogP contribution in [-0.4, -0.2) is 46.5 Å². The second-order valence-electron chi connectivity index (χ2n) is 6.93. The molecule has 0 bridgehead atoms. The molecular weight excluding hydrogens is 388 g/mol. The number of rotatable bonds is 4. The molecule has 4 rings (SSSR count). The van der Waals surface area contributed by atoms with Crippen LogP contribution in [0.5, 0.6) is 11.6 Å². The molecule has 2 aromatic carbocycles. The van der Waals surface area contributed by atoms with Crippen molar-refractivity contribution in [3.05, 3.63) is 77.6 Å². The number of ether oxygens (including phenoxy) is 1. The average molecular weight is 409 g/mol. The van der Waals surface area contributed by atoms with Crippen LogP contribution in [0.1, 0.15) is 17.3 Å². The predicted octanol–water partition coefficient (Wildman–Crippen LogP) is 4.27.